The Hall–Kier alpha value is -1.35. The molecule has 0 N–H and O–H groups in total. The van der Waals surface area contributed by atoms with Crippen LogP contribution in [0.1, 0.15) is 46.1 Å². The van der Waals surface area contributed by atoms with Gasteiger partial charge in [-0.3, -0.25) is 4.79 Å². The van der Waals surface area contributed by atoms with Gasteiger partial charge in [-0.05, 0) is 50.6 Å². The molecule has 3 heteroatoms. The van der Waals surface area contributed by atoms with Crippen molar-refractivity contribution in [2.45, 2.75) is 53.0 Å². The molecule has 124 valence electrons. The number of rotatable bonds is 10. The second-order valence-electron chi connectivity index (χ2n) is 6.25. The van der Waals surface area contributed by atoms with Gasteiger partial charge in [0, 0.05) is 18.4 Å². The molecule has 1 aromatic carbocycles. The maximum atomic E-state index is 11.7. The van der Waals surface area contributed by atoms with Gasteiger partial charge in [0.1, 0.15) is 11.5 Å². The summed E-state index contributed by atoms with van der Waals surface area (Å²) in [6.07, 6.45) is 2.68. The Kier molecular flexibility index (Phi) is 8.18. The number of nitrogens with zero attached hydrogens (tertiary/aromatic N) is 1. The van der Waals surface area contributed by atoms with E-state index < -0.39 is 0 Å². The molecule has 0 radical (unpaired) electrons. The predicted octanol–water partition coefficient (Wildman–Crippen LogP) is 3.95. The predicted molar refractivity (Wildman–Crippen MR) is 92.5 cm³/mol. The van der Waals surface area contributed by atoms with Gasteiger partial charge in [0.2, 0.25) is 0 Å². The van der Waals surface area contributed by atoms with Crippen LogP contribution < -0.4 is 4.74 Å². The molecule has 0 aliphatic rings. The van der Waals surface area contributed by atoms with E-state index in [1.807, 2.05) is 26.0 Å². The fourth-order valence-corrected chi connectivity index (χ4v) is 2.67. The number of Topliss-reactive ketones (excluding diaryl/α,β-unsaturated/α-hetero) is 1. The van der Waals surface area contributed by atoms with Crippen molar-refractivity contribution in [2.24, 2.45) is 5.92 Å². The lowest BCUT2D eigenvalue weighted by atomic mass is 10.0. The van der Waals surface area contributed by atoms with E-state index in [4.69, 9.17) is 4.74 Å². The molecular weight excluding hydrogens is 274 g/mol. The fourth-order valence-electron chi connectivity index (χ4n) is 2.67. The van der Waals surface area contributed by atoms with E-state index in [0.717, 1.165) is 31.7 Å². The van der Waals surface area contributed by atoms with Gasteiger partial charge in [-0.25, -0.2) is 0 Å². The molecule has 0 fully saturated rings. The maximum absolute atomic E-state index is 11.7. The molecule has 0 aromatic heterocycles. The first kappa shape index (κ1) is 18.7. The normalized spacial score (nSPS) is 12.7. The van der Waals surface area contributed by atoms with E-state index in [9.17, 15) is 4.79 Å². The van der Waals surface area contributed by atoms with Crippen LogP contribution in [0.3, 0.4) is 0 Å². The molecule has 1 aromatic rings. The smallest absolute Gasteiger partial charge is 0.135 e. The second-order valence-corrected chi connectivity index (χ2v) is 6.25. The van der Waals surface area contributed by atoms with E-state index in [2.05, 4.69) is 30.9 Å². The summed E-state index contributed by atoms with van der Waals surface area (Å²) in [5.41, 5.74) is 1.32. The summed E-state index contributed by atoms with van der Waals surface area (Å²) in [4.78, 5) is 14.2. The summed E-state index contributed by atoms with van der Waals surface area (Å²) in [6, 6.07) is 8.77. The molecule has 1 unspecified atom stereocenters. The van der Waals surface area contributed by atoms with E-state index >= 15 is 0 Å². The van der Waals surface area contributed by atoms with Crippen molar-refractivity contribution in [1.29, 1.82) is 0 Å². The van der Waals surface area contributed by atoms with Gasteiger partial charge in [0.05, 0.1) is 7.11 Å². The zero-order valence-electron chi connectivity index (χ0n) is 14.8. The number of benzene rings is 1. The molecule has 0 saturated heterocycles. The molecule has 1 atom stereocenters. The first-order valence-electron chi connectivity index (χ1n) is 8.37. The Morgan fingerprint density at radius 1 is 1.18 bits per heavy atom. The van der Waals surface area contributed by atoms with Crippen LogP contribution in [0.5, 0.6) is 5.75 Å². The van der Waals surface area contributed by atoms with Crippen LogP contribution in [0.2, 0.25) is 0 Å². The molecule has 0 amide bonds. The Bertz CT molecular complexity index is 439. The van der Waals surface area contributed by atoms with Crippen molar-refractivity contribution >= 4 is 5.78 Å². The van der Waals surface area contributed by atoms with Crippen LogP contribution in [0.15, 0.2) is 24.3 Å². The third-order valence-electron chi connectivity index (χ3n) is 4.23. The fraction of sp³-hybridized carbons (Fsp3) is 0.632. The molecule has 1 rings (SSSR count). The van der Waals surface area contributed by atoms with Crippen molar-refractivity contribution in [2.75, 3.05) is 20.2 Å². The minimum atomic E-state index is 0.159. The lowest BCUT2D eigenvalue weighted by molar-refractivity contribution is -0.122. The number of methoxy groups -OCH3 is 1. The van der Waals surface area contributed by atoms with E-state index in [0.29, 0.717) is 18.2 Å². The molecule has 0 aliphatic heterocycles. The van der Waals surface area contributed by atoms with Crippen molar-refractivity contribution < 1.29 is 9.53 Å². The number of ether oxygens (including phenoxy) is 1. The highest BCUT2D eigenvalue weighted by Gasteiger charge is 2.14. The Labute approximate surface area is 135 Å². The van der Waals surface area contributed by atoms with Crippen molar-refractivity contribution in [1.82, 2.24) is 4.90 Å². The van der Waals surface area contributed by atoms with Gasteiger partial charge in [0.15, 0.2) is 0 Å². The number of carbonyl (C=O) groups is 1. The quantitative estimate of drug-likeness (QED) is 0.655. The number of hydrogen-bond donors (Lipinski definition) is 0. The Morgan fingerprint density at radius 2 is 1.82 bits per heavy atom. The Morgan fingerprint density at radius 3 is 2.32 bits per heavy atom. The Balaban J connectivity index is 2.45. The van der Waals surface area contributed by atoms with Gasteiger partial charge in [-0.15, -0.1) is 0 Å². The zero-order valence-corrected chi connectivity index (χ0v) is 14.8. The molecule has 0 heterocycles. The first-order valence-corrected chi connectivity index (χ1v) is 8.37. The van der Waals surface area contributed by atoms with Crippen molar-refractivity contribution in [3.05, 3.63) is 29.8 Å². The lowest BCUT2D eigenvalue weighted by Gasteiger charge is -2.28. The molecular formula is C19H31NO2. The summed E-state index contributed by atoms with van der Waals surface area (Å²) in [5, 5.41) is 0. The molecule has 0 aliphatic carbocycles. The molecule has 0 spiro atoms. The topological polar surface area (TPSA) is 29.5 Å². The van der Waals surface area contributed by atoms with Crippen LogP contribution in [0.4, 0.5) is 0 Å². The lowest BCUT2D eigenvalue weighted by Crippen LogP contribution is -2.35. The SMILES string of the molecule is CCN(CCCC(=O)C(C)C)C(C)Cc1ccc(OC)cc1. The molecule has 22 heavy (non-hydrogen) atoms. The summed E-state index contributed by atoms with van der Waals surface area (Å²) in [5.74, 6) is 1.43. The standard InChI is InChI=1S/C19H31NO2/c1-6-20(13-7-8-19(21)15(2)3)16(4)14-17-9-11-18(22-5)12-10-17/h9-12,15-16H,6-8,13-14H2,1-5H3. The van der Waals surface area contributed by atoms with E-state index in [1.165, 1.54) is 5.56 Å². The minimum absolute atomic E-state index is 0.159. The zero-order chi connectivity index (χ0) is 16.5. The largest absolute Gasteiger partial charge is 0.497 e. The highest BCUT2D eigenvalue weighted by atomic mass is 16.5. The van der Waals surface area contributed by atoms with Gasteiger partial charge < -0.3 is 9.64 Å². The van der Waals surface area contributed by atoms with Crippen LogP contribution in [0, 0.1) is 5.92 Å². The third kappa shape index (κ3) is 6.18. The summed E-state index contributed by atoms with van der Waals surface area (Å²) < 4.78 is 5.20. The van der Waals surface area contributed by atoms with Crippen molar-refractivity contribution in [3.63, 3.8) is 0 Å². The van der Waals surface area contributed by atoms with Crippen molar-refractivity contribution in [3.8, 4) is 5.75 Å². The second kappa shape index (κ2) is 9.62. The van der Waals surface area contributed by atoms with Gasteiger partial charge in [0.25, 0.3) is 0 Å². The maximum Gasteiger partial charge on any atom is 0.135 e. The van der Waals surface area contributed by atoms with Gasteiger partial charge >= 0.3 is 0 Å². The molecule has 0 bridgehead atoms. The third-order valence-corrected chi connectivity index (χ3v) is 4.23. The number of hydrogen-bond acceptors (Lipinski definition) is 3. The number of carbonyl (C=O) groups excluding carboxylic acids is 1. The van der Waals surface area contributed by atoms with E-state index in [-0.39, 0.29) is 5.92 Å². The summed E-state index contributed by atoms with van der Waals surface area (Å²) >= 11 is 0. The highest BCUT2D eigenvalue weighted by molar-refractivity contribution is 5.80. The summed E-state index contributed by atoms with van der Waals surface area (Å²) in [7, 11) is 1.69. The highest BCUT2D eigenvalue weighted by Crippen LogP contribution is 2.15. The molecule has 0 saturated carbocycles. The van der Waals surface area contributed by atoms with Crippen LogP contribution in [0.25, 0.3) is 0 Å². The summed E-state index contributed by atoms with van der Waals surface area (Å²) in [6.45, 7) is 10.4. The average Bonchev–Trinajstić information content (AvgIpc) is 2.51. The average molecular weight is 305 g/mol. The first-order chi connectivity index (χ1) is 10.5. The monoisotopic (exact) mass is 305 g/mol. The minimum Gasteiger partial charge on any atom is -0.497 e. The van der Waals surface area contributed by atoms with Crippen LogP contribution in [-0.4, -0.2) is 36.9 Å². The van der Waals surface area contributed by atoms with Crippen LogP contribution in [-0.2, 0) is 11.2 Å². The molecule has 3 nitrogen and oxygen atoms in total. The number of likely N-dealkylation sites (N-methyl/N-ethyl adjacent to an activating group) is 1. The number of ketones is 1. The van der Waals surface area contributed by atoms with Gasteiger partial charge in [-0.1, -0.05) is 32.9 Å². The van der Waals surface area contributed by atoms with E-state index in [1.54, 1.807) is 7.11 Å². The van der Waals surface area contributed by atoms with Gasteiger partial charge in [-0.2, -0.15) is 0 Å². The van der Waals surface area contributed by atoms with Crippen LogP contribution >= 0.6 is 0 Å².